The van der Waals surface area contributed by atoms with Gasteiger partial charge in [-0.25, -0.2) is 4.98 Å². The lowest BCUT2D eigenvalue weighted by Gasteiger charge is -2.29. The van der Waals surface area contributed by atoms with Gasteiger partial charge in [0.15, 0.2) is 0 Å². The Bertz CT molecular complexity index is 1300. The van der Waals surface area contributed by atoms with E-state index in [1.165, 1.54) is 0 Å². The second kappa shape index (κ2) is 4.60. The van der Waals surface area contributed by atoms with Crippen LogP contribution in [-0.2, 0) is 11.2 Å². The molecule has 2 atom stereocenters. The fourth-order valence-electron chi connectivity index (χ4n) is 4.35. The molecule has 6 nitrogen and oxygen atoms in total. The molecule has 7 rings (SSSR count). The number of carbonyl (C=O) groups excluding carboxylic acids is 1. The van der Waals surface area contributed by atoms with Crippen LogP contribution in [0.3, 0.4) is 0 Å². The predicted molar refractivity (Wildman–Crippen MR) is 97.0 cm³/mol. The van der Waals surface area contributed by atoms with Gasteiger partial charge in [-0.05, 0) is 23.8 Å². The summed E-state index contributed by atoms with van der Waals surface area (Å²) in [4.78, 5) is 34.0. The van der Waals surface area contributed by atoms with Gasteiger partial charge in [-0.1, -0.05) is 30.3 Å². The molecule has 4 aromatic rings. The minimum absolute atomic E-state index is 0.129. The van der Waals surface area contributed by atoms with Crippen LogP contribution in [0.1, 0.15) is 29.2 Å². The fraction of sp³-hybridized carbons (Fsp3) is 0.150. The van der Waals surface area contributed by atoms with Crippen LogP contribution in [0.15, 0.2) is 53.3 Å². The number of amides is 1. The third-order valence-corrected chi connectivity index (χ3v) is 5.53. The van der Waals surface area contributed by atoms with Gasteiger partial charge in [0.05, 0.1) is 10.9 Å². The molecule has 0 saturated carbocycles. The molecule has 0 saturated heterocycles. The van der Waals surface area contributed by atoms with E-state index in [1.807, 2.05) is 36.4 Å². The van der Waals surface area contributed by atoms with Crippen molar-refractivity contribution in [2.45, 2.75) is 18.5 Å². The molecule has 3 aliphatic rings. The molecule has 2 bridgehead atoms. The van der Waals surface area contributed by atoms with Crippen molar-refractivity contribution < 1.29 is 4.79 Å². The Morgan fingerprint density at radius 2 is 1.77 bits per heavy atom. The zero-order valence-corrected chi connectivity index (χ0v) is 13.7. The maximum Gasteiger partial charge on any atom is 0.262 e. The monoisotopic (exact) mass is 342 g/mol. The first-order valence-corrected chi connectivity index (χ1v) is 8.63. The van der Waals surface area contributed by atoms with Crippen LogP contribution >= 0.6 is 0 Å². The number of H-pyrrole nitrogens is 1. The van der Waals surface area contributed by atoms with E-state index in [4.69, 9.17) is 4.98 Å². The van der Waals surface area contributed by atoms with E-state index in [-0.39, 0.29) is 11.5 Å². The lowest BCUT2D eigenvalue weighted by atomic mass is 10.0. The van der Waals surface area contributed by atoms with Crippen molar-refractivity contribution in [3.05, 3.63) is 76.0 Å². The Labute approximate surface area is 147 Å². The summed E-state index contributed by atoms with van der Waals surface area (Å²) in [5, 5.41) is 4.69. The molecule has 3 aliphatic heterocycles. The Balaban J connectivity index is 1.74. The van der Waals surface area contributed by atoms with E-state index in [9.17, 15) is 9.59 Å². The van der Waals surface area contributed by atoms with Gasteiger partial charge < -0.3 is 10.3 Å². The number of aromatic nitrogens is 3. The van der Waals surface area contributed by atoms with Gasteiger partial charge in [-0.3, -0.25) is 14.2 Å². The van der Waals surface area contributed by atoms with Gasteiger partial charge in [0.25, 0.3) is 5.56 Å². The van der Waals surface area contributed by atoms with Gasteiger partial charge in [0.1, 0.15) is 17.9 Å². The van der Waals surface area contributed by atoms with E-state index in [0.717, 1.165) is 22.2 Å². The number of fused-ring (bicyclic) bond motifs is 3. The summed E-state index contributed by atoms with van der Waals surface area (Å²) in [6.07, 6.45) is 0.481. The average molecular weight is 342 g/mol. The number of carbonyl (C=O) groups is 1. The van der Waals surface area contributed by atoms with E-state index in [1.54, 1.807) is 10.6 Å². The number of nitrogens with zero attached hydrogens (tertiary/aromatic N) is 2. The molecule has 0 radical (unpaired) electrons. The molecular weight excluding hydrogens is 328 g/mol. The van der Waals surface area contributed by atoms with Crippen LogP contribution in [0.4, 0.5) is 0 Å². The lowest BCUT2D eigenvalue weighted by Crippen LogP contribution is -2.47. The molecule has 26 heavy (non-hydrogen) atoms. The smallest absolute Gasteiger partial charge is 0.262 e. The van der Waals surface area contributed by atoms with Crippen LogP contribution in [0.2, 0.25) is 0 Å². The average Bonchev–Trinajstić information content (AvgIpc) is 2.89. The van der Waals surface area contributed by atoms with Crippen LogP contribution in [0.5, 0.6) is 0 Å². The molecule has 5 heterocycles. The second-order valence-electron chi connectivity index (χ2n) is 6.89. The molecule has 1 amide bonds. The number of rotatable bonds is 0. The summed E-state index contributed by atoms with van der Waals surface area (Å²) in [5.74, 6) is 0.471. The van der Waals surface area contributed by atoms with Crippen LogP contribution in [-0.4, -0.2) is 20.4 Å². The summed E-state index contributed by atoms with van der Waals surface area (Å²) in [7, 11) is 0. The number of nitrogens with one attached hydrogen (secondary N) is 2. The van der Waals surface area contributed by atoms with Crippen LogP contribution in [0.25, 0.3) is 21.8 Å². The largest absolute Gasteiger partial charge is 0.356 e. The number of aromatic amines is 1. The molecular formula is C20H14N4O2. The third-order valence-electron chi connectivity index (χ3n) is 5.53. The summed E-state index contributed by atoms with van der Waals surface area (Å²) >= 11 is 0. The highest BCUT2D eigenvalue weighted by Crippen LogP contribution is 2.39. The van der Waals surface area contributed by atoms with E-state index in [0.29, 0.717) is 23.1 Å². The molecule has 2 N–H and O–H groups in total. The van der Waals surface area contributed by atoms with Gasteiger partial charge >= 0.3 is 0 Å². The molecule has 2 aromatic carbocycles. The third kappa shape index (κ3) is 1.59. The normalized spacial score (nSPS) is 20.7. The number of hydrogen-bond donors (Lipinski definition) is 2. The molecule has 0 spiro atoms. The molecule has 0 fully saturated rings. The van der Waals surface area contributed by atoms with Gasteiger partial charge in [0.2, 0.25) is 5.91 Å². The van der Waals surface area contributed by atoms with Crippen molar-refractivity contribution in [1.29, 1.82) is 0 Å². The SMILES string of the molecule is O=C1N[C@H]2c3[nH]c4ccccc4c3C[C@@H]1n1c2nc2ccccc2c1=O. The van der Waals surface area contributed by atoms with Crippen LogP contribution < -0.4 is 10.9 Å². The second-order valence-corrected chi connectivity index (χ2v) is 6.89. The standard InChI is InChI=1S/C20H14N4O2/c25-19-15-9-12-10-5-1-3-7-13(10)21-16(12)17(23-19)18-22-14-8-4-2-6-11(14)20(26)24(15)18/h1-8,15,17,21H,9H2,(H,23,25)/t15-,17-/m0/s1. The lowest BCUT2D eigenvalue weighted by molar-refractivity contribution is -0.126. The molecule has 126 valence electrons. The van der Waals surface area contributed by atoms with Crippen molar-refractivity contribution in [2.24, 2.45) is 0 Å². The highest BCUT2D eigenvalue weighted by atomic mass is 16.2. The summed E-state index contributed by atoms with van der Waals surface area (Å²) in [5.41, 5.74) is 3.56. The molecule has 6 heteroatoms. The van der Waals surface area contributed by atoms with E-state index in [2.05, 4.69) is 16.4 Å². The first-order valence-electron chi connectivity index (χ1n) is 8.63. The van der Waals surface area contributed by atoms with E-state index < -0.39 is 12.1 Å². The minimum Gasteiger partial charge on any atom is -0.356 e. The maximum absolute atomic E-state index is 13.1. The van der Waals surface area contributed by atoms with Gasteiger partial charge in [0, 0.05) is 23.0 Å². The maximum atomic E-state index is 13.1. The van der Waals surface area contributed by atoms with Crippen LogP contribution in [0, 0.1) is 0 Å². The van der Waals surface area contributed by atoms with E-state index >= 15 is 0 Å². The van der Waals surface area contributed by atoms with Gasteiger partial charge in [-0.15, -0.1) is 0 Å². The highest BCUT2D eigenvalue weighted by Gasteiger charge is 2.42. The zero-order chi connectivity index (χ0) is 17.4. The van der Waals surface area contributed by atoms with Crippen molar-refractivity contribution >= 4 is 27.7 Å². The molecule has 2 aromatic heterocycles. The summed E-state index contributed by atoms with van der Waals surface area (Å²) in [6, 6.07) is 14.3. The van der Waals surface area contributed by atoms with Crippen molar-refractivity contribution in [3.63, 3.8) is 0 Å². The first kappa shape index (κ1) is 13.8. The highest BCUT2D eigenvalue weighted by molar-refractivity contribution is 5.90. The Morgan fingerprint density at radius 3 is 2.65 bits per heavy atom. The fourth-order valence-corrected chi connectivity index (χ4v) is 4.35. The summed E-state index contributed by atoms with van der Waals surface area (Å²) in [6.45, 7) is 0. The quantitative estimate of drug-likeness (QED) is 0.514. The van der Waals surface area contributed by atoms with Gasteiger partial charge in [-0.2, -0.15) is 0 Å². The number of hydrogen-bond acceptors (Lipinski definition) is 3. The zero-order valence-electron chi connectivity index (χ0n) is 13.7. The number of benzene rings is 2. The minimum atomic E-state index is -0.577. The predicted octanol–water partition coefficient (Wildman–Crippen LogP) is 2.19. The summed E-state index contributed by atoms with van der Waals surface area (Å²) < 4.78 is 1.59. The van der Waals surface area contributed by atoms with Crippen molar-refractivity contribution in [1.82, 2.24) is 19.9 Å². The first-order chi connectivity index (χ1) is 12.7. The topological polar surface area (TPSA) is 79.8 Å². The Morgan fingerprint density at radius 1 is 1.00 bits per heavy atom. The molecule has 0 unspecified atom stereocenters. The van der Waals surface area contributed by atoms with Crippen molar-refractivity contribution in [3.8, 4) is 0 Å². The number of para-hydroxylation sites is 2. The van der Waals surface area contributed by atoms with Crippen molar-refractivity contribution in [2.75, 3.05) is 0 Å². The Kier molecular flexibility index (Phi) is 2.45. The molecule has 0 aliphatic carbocycles. The Hall–Kier alpha value is -3.41.